The molecule has 1 aliphatic heterocycles. The maximum absolute atomic E-state index is 13.9. The number of amides is 1. The molecule has 2 aromatic carbocycles. The Morgan fingerprint density at radius 3 is 2.61 bits per heavy atom. The lowest BCUT2D eigenvalue weighted by Gasteiger charge is -2.25. The Labute approximate surface area is 255 Å². The standard InChI is InChI=1S/C29H27ClN4O4S3/c1-4-5-14-38-21-13-9-7-11-19(21)23-22(24(35)26-16(2)31-17(3)40-26)25(36)27(37)34(23)28-32-33-29(41-28)39-15-18-10-6-8-12-20(18)30/h6-13,23,36H,4-5,14-15H2,1-3H3. The Morgan fingerprint density at radius 1 is 1.12 bits per heavy atom. The molecule has 1 atom stereocenters. The van der Waals surface area contributed by atoms with Crippen LogP contribution in [-0.4, -0.2) is 38.6 Å². The molecular formula is C29H27ClN4O4S3. The predicted octanol–water partition coefficient (Wildman–Crippen LogP) is 7.52. The molecule has 0 aliphatic carbocycles. The Balaban J connectivity index is 1.54. The summed E-state index contributed by atoms with van der Waals surface area (Å²) in [5.74, 6) is -0.697. The number of anilines is 1. The van der Waals surface area contributed by atoms with Crippen LogP contribution in [0.15, 0.2) is 64.2 Å². The van der Waals surface area contributed by atoms with Crippen LogP contribution in [0, 0.1) is 13.8 Å². The van der Waals surface area contributed by atoms with Crippen molar-refractivity contribution in [3.63, 3.8) is 0 Å². The highest BCUT2D eigenvalue weighted by Gasteiger charge is 2.47. The lowest BCUT2D eigenvalue weighted by molar-refractivity contribution is -0.117. The van der Waals surface area contributed by atoms with Crippen molar-refractivity contribution in [2.75, 3.05) is 11.5 Å². The monoisotopic (exact) mass is 626 g/mol. The van der Waals surface area contributed by atoms with Gasteiger partial charge in [-0.15, -0.1) is 21.5 Å². The van der Waals surface area contributed by atoms with Gasteiger partial charge in [-0.3, -0.25) is 14.5 Å². The fourth-order valence-corrected chi connectivity index (χ4v) is 7.50. The molecule has 41 heavy (non-hydrogen) atoms. The molecule has 8 nitrogen and oxygen atoms in total. The summed E-state index contributed by atoms with van der Waals surface area (Å²) >= 11 is 10.2. The molecule has 5 rings (SSSR count). The van der Waals surface area contributed by atoms with Crippen LogP contribution in [-0.2, 0) is 10.5 Å². The Bertz CT molecular complexity index is 1630. The largest absolute Gasteiger partial charge is 0.503 e. The number of hydrogen-bond donors (Lipinski definition) is 1. The number of ether oxygens (including phenoxy) is 1. The zero-order valence-corrected chi connectivity index (χ0v) is 25.8. The van der Waals surface area contributed by atoms with Gasteiger partial charge in [-0.05, 0) is 38.0 Å². The number of para-hydroxylation sites is 1. The van der Waals surface area contributed by atoms with Crippen molar-refractivity contribution in [2.45, 2.75) is 49.7 Å². The molecule has 0 radical (unpaired) electrons. The minimum absolute atomic E-state index is 0.0336. The van der Waals surface area contributed by atoms with E-state index < -0.39 is 23.5 Å². The molecule has 1 amide bonds. The summed E-state index contributed by atoms with van der Waals surface area (Å²) in [5.41, 5.74) is 2.04. The highest BCUT2D eigenvalue weighted by molar-refractivity contribution is 8.00. The number of carbonyl (C=O) groups excluding carboxylic acids is 2. The third-order valence-corrected chi connectivity index (χ3v) is 9.99. The van der Waals surface area contributed by atoms with Crippen molar-refractivity contribution >= 4 is 62.9 Å². The van der Waals surface area contributed by atoms with Crippen molar-refractivity contribution in [2.24, 2.45) is 0 Å². The van der Waals surface area contributed by atoms with Gasteiger partial charge in [0.25, 0.3) is 5.91 Å². The van der Waals surface area contributed by atoms with Crippen LogP contribution in [0.25, 0.3) is 0 Å². The van der Waals surface area contributed by atoms with Crippen molar-refractivity contribution in [1.82, 2.24) is 15.2 Å². The SMILES string of the molecule is CCCCOc1ccccc1C1C(C(=O)c2sc(C)nc2C)=C(O)C(=O)N1c1nnc(SCc2ccccc2Cl)s1. The van der Waals surface area contributed by atoms with E-state index in [4.69, 9.17) is 16.3 Å². The van der Waals surface area contributed by atoms with Crippen molar-refractivity contribution in [3.8, 4) is 5.75 Å². The lowest BCUT2D eigenvalue weighted by atomic mass is 9.94. The molecule has 4 aromatic rings. The molecule has 1 N–H and O–H groups in total. The summed E-state index contributed by atoms with van der Waals surface area (Å²) in [6, 6.07) is 13.8. The fraction of sp³-hybridized carbons (Fsp3) is 0.276. The quantitative estimate of drug-likeness (QED) is 0.0789. The molecule has 1 unspecified atom stereocenters. The number of aliphatic hydroxyl groups is 1. The Morgan fingerprint density at radius 2 is 1.88 bits per heavy atom. The van der Waals surface area contributed by atoms with E-state index in [2.05, 4.69) is 22.1 Å². The van der Waals surface area contributed by atoms with E-state index in [1.165, 1.54) is 39.3 Å². The van der Waals surface area contributed by atoms with Crippen LogP contribution in [0.4, 0.5) is 5.13 Å². The van der Waals surface area contributed by atoms with Crippen LogP contribution >= 0.6 is 46.0 Å². The number of benzene rings is 2. The summed E-state index contributed by atoms with van der Waals surface area (Å²) in [5, 5.41) is 21.4. The summed E-state index contributed by atoms with van der Waals surface area (Å²) in [6.45, 7) is 6.10. The number of ketones is 1. The van der Waals surface area contributed by atoms with Gasteiger partial charge in [0.2, 0.25) is 10.9 Å². The summed E-state index contributed by atoms with van der Waals surface area (Å²) < 4.78 is 6.72. The number of thioether (sulfide) groups is 1. The lowest BCUT2D eigenvalue weighted by Crippen LogP contribution is -2.31. The number of carbonyl (C=O) groups is 2. The van der Waals surface area contributed by atoms with Gasteiger partial charge in [0.05, 0.1) is 27.8 Å². The molecule has 212 valence electrons. The van der Waals surface area contributed by atoms with Crippen molar-refractivity contribution in [1.29, 1.82) is 0 Å². The van der Waals surface area contributed by atoms with Crippen LogP contribution in [0.1, 0.15) is 57.3 Å². The van der Waals surface area contributed by atoms with E-state index in [1.807, 2.05) is 43.3 Å². The molecular weight excluding hydrogens is 600 g/mol. The minimum atomic E-state index is -0.969. The van der Waals surface area contributed by atoms with Gasteiger partial charge < -0.3 is 9.84 Å². The normalized spacial score (nSPS) is 15.2. The molecule has 12 heteroatoms. The van der Waals surface area contributed by atoms with E-state index in [9.17, 15) is 14.7 Å². The number of Topliss-reactive ketones (excluding diaryl/α,β-unsaturated/α-hetero) is 1. The number of aromatic nitrogens is 3. The van der Waals surface area contributed by atoms with Gasteiger partial charge in [0.1, 0.15) is 11.8 Å². The van der Waals surface area contributed by atoms with Gasteiger partial charge in [-0.1, -0.05) is 84.4 Å². The topological polar surface area (TPSA) is 106 Å². The summed E-state index contributed by atoms with van der Waals surface area (Å²) in [6.07, 6.45) is 1.79. The highest BCUT2D eigenvalue weighted by Crippen LogP contribution is 2.46. The third kappa shape index (κ3) is 6.04. The first-order valence-electron chi connectivity index (χ1n) is 13.0. The summed E-state index contributed by atoms with van der Waals surface area (Å²) in [7, 11) is 0. The average molecular weight is 627 g/mol. The second-order valence-corrected chi connectivity index (χ2v) is 13.1. The second kappa shape index (κ2) is 12.7. The van der Waals surface area contributed by atoms with E-state index in [-0.39, 0.29) is 10.7 Å². The van der Waals surface area contributed by atoms with Crippen LogP contribution in [0.2, 0.25) is 5.02 Å². The van der Waals surface area contributed by atoms with Crippen LogP contribution in [0.3, 0.4) is 0 Å². The number of hydrogen-bond acceptors (Lipinski definition) is 10. The molecule has 0 saturated carbocycles. The number of aryl methyl sites for hydroxylation is 2. The maximum atomic E-state index is 13.9. The zero-order chi connectivity index (χ0) is 29.1. The zero-order valence-electron chi connectivity index (χ0n) is 22.6. The predicted molar refractivity (Wildman–Crippen MR) is 164 cm³/mol. The molecule has 2 aromatic heterocycles. The van der Waals surface area contributed by atoms with Gasteiger partial charge in [-0.2, -0.15) is 0 Å². The molecule has 0 bridgehead atoms. The Kier molecular flexibility index (Phi) is 9.08. The first kappa shape index (κ1) is 29.2. The number of nitrogens with zero attached hydrogens (tertiary/aromatic N) is 4. The first-order valence-corrected chi connectivity index (χ1v) is 16.0. The van der Waals surface area contributed by atoms with Gasteiger partial charge in [0.15, 0.2) is 10.1 Å². The van der Waals surface area contributed by atoms with Gasteiger partial charge in [-0.25, -0.2) is 4.98 Å². The fourth-order valence-electron chi connectivity index (χ4n) is 4.47. The second-order valence-electron chi connectivity index (χ2n) is 9.29. The van der Waals surface area contributed by atoms with E-state index in [0.29, 0.717) is 43.6 Å². The number of thiazole rings is 1. The smallest absolute Gasteiger partial charge is 0.296 e. The minimum Gasteiger partial charge on any atom is -0.503 e. The molecule has 3 heterocycles. The van der Waals surface area contributed by atoms with Crippen molar-refractivity contribution < 1.29 is 19.4 Å². The number of halogens is 1. The van der Waals surface area contributed by atoms with E-state index in [1.54, 1.807) is 19.1 Å². The first-order chi connectivity index (χ1) is 19.8. The molecule has 1 aliphatic rings. The number of rotatable bonds is 11. The third-order valence-electron chi connectivity index (χ3n) is 6.44. The molecule has 0 saturated heterocycles. The molecule has 0 spiro atoms. The van der Waals surface area contributed by atoms with E-state index >= 15 is 0 Å². The van der Waals surface area contributed by atoms with Gasteiger partial charge >= 0.3 is 0 Å². The Hall–Kier alpha value is -3.25. The van der Waals surface area contributed by atoms with Crippen LogP contribution in [0.5, 0.6) is 5.75 Å². The average Bonchev–Trinajstić information content (AvgIpc) is 3.64. The number of unbranched alkanes of at least 4 members (excludes halogenated alkanes) is 1. The number of aliphatic hydroxyl groups excluding tert-OH is 1. The summed E-state index contributed by atoms with van der Waals surface area (Å²) in [4.78, 5) is 33.7. The van der Waals surface area contributed by atoms with Crippen LogP contribution < -0.4 is 9.64 Å². The van der Waals surface area contributed by atoms with Crippen molar-refractivity contribution in [3.05, 3.63) is 91.6 Å². The van der Waals surface area contributed by atoms with Gasteiger partial charge in [0, 0.05) is 16.3 Å². The molecule has 0 fully saturated rings. The highest BCUT2D eigenvalue weighted by atomic mass is 35.5. The maximum Gasteiger partial charge on any atom is 0.296 e. The van der Waals surface area contributed by atoms with E-state index in [0.717, 1.165) is 23.4 Å².